The van der Waals surface area contributed by atoms with Crippen LogP contribution in [0.5, 0.6) is 0 Å². The van der Waals surface area contributed by atoms with E-state index in [1.165, 1.54) is 19.3 Å². The van der Waals surface area contributed by atoms with E-state index < -0.39 is 5.97 Å². The first-order valence-electron chi connectivity index (χ1n) is 8.71. The maximum atomic E-state index is 11.4. The fraction of sp³-hybridized carbons (Fsp3) is 0.941. The van der Waals surface area contributed by atoms with Crippen LogP contribution in [0.1, 0.15) is 58.8 Å². The normalized spacial score (nSPS) is 35.3. The van der Waals surface area contributed by atoms with Gasteiger partial charge in [-0.1, -0.05) is 20.3 Å². The molecule has 1 aliphatic carbocycles. The van der Waals surface area contributed by atoms with Gasteiger partial charge >= 0.3 is 5.97 Å². The van der Waals surface area contributed by atoms with E-state index in [4.69, 9.17) is 0 Å². The quantitative estimate of drug-likeness (QED) is 0.869. The Kier molecular flexibility index (Phi) is 4.28. The van der Waals surface area contributed by atoms with Gasteiger partial charge in [0.15, 0.2) is 0 Å². The third-order valence-corrected chi connectivity index (χ3v) is 6.19. The zero-order valence-electron chi connectivity index (χ0n) is 13.6. The third-order valence-electron chi connectivity index (χ3n) is 6.19. The number of carboxylic acid groups (broad SMARTS) is 1. The van der Waals surface area contributed by atoms with Crippen LogP contribution in [0.3, 0.4) is 0 Å². The van der Waals surface area contributed by atoms with Crippen molar-refractivity contribution in [1.29, 1.82) is 0 Å². The van der Waals surface area contributed by atoms with Gasteiger partial charge in [0.25, 0.3) is 0 Å². The molecule has 1 saturated carbocycles. The molecule has 0 amide bonds. The first-order valence-corrected chi connectivity index (χ1v) is 8.71. The Hall–Kier alpha value is -0.610. The van der Waals surface area contributed by atoms with E-state index >= 15 is 0 Å². The zero-order chi connectivity index (χ0) is 15.0. The lowest BCUT2D eigenvalue weighted by Crippen LogP contribution is -2.52. The monoisotopic (exact) mass is 294 g/mol. The molecule has 4 heteroatoms. The summed E-state index contributed by atoms with van der Waals surface area (Å²) in [7, 11) is 0. The summed E-state index contributed by atoms with van der Waals surface area (Å²) in [6.07, 6.45) is 8.25. The summed E-state index contributed by atoms with van der Waals surface area (Å²) in [5, 5.41) is 9.36. The lowest BCUT2D eigenvalue weighted by molar-refractivity contribution is -0.143. The van der Waals surface area contributed by atoms with Gasteiger partial charge in [-0.3, -0.25) is 14.6 Å². The highest BCUT2D eigenvalue weighted by atomic mass is 16.4. The maximum Gasteiger partial charge on any atom is 0.320 e. The molecule has 1 N–H and O–H groups in total. The summed E-state index contributed by atoms with van der Waals surface area (Å²) in [6.45, 7) is 8.12. The third kappa shape index (κ3) is 2.98. The van der Waals surface area contributed by atoms with Gasteiger partial charge in [-0.2, -0.15) is 0 Å². The molecule has 0 radical (unpaired) electrons. The van der Waals surface area contributed by atoms with Crippen molar-refractivity contribution in [3.05, 3.63) is 0 Å². The zero-order valence-corrected chi connectivity index (χ0v) is 13.6. The average Bonchev–Trinajstić information content (AvgIpc) is 3.05. The van der Waals surface area contributed by atoms with Crippen molar-refractivity contribution in [1.82, 2.24) is 9.80 Å². The Bertz CT molecular complexity index is 388. The van der Waals surface area contributed by atoms with Gasteiger partial charge in [0.1, 0.15) is 6.04 Å². The molecule has 4 nitrogen and oxygen atoms in total. The summed E-state index contributed by atoms with van der Waals surface area (Å²) in [5.41, 5.74) is 0.462. The minimum atomic E-state index is -0.619. The molecular weight excluding hydrogens is 264 g/mol. The van der Waals surface area contributed by atoms with Crippen LogP contribution < -0.4 is 0 Å². The molecule has 21 heavy (non-hydrogen) atoms. The number of carbonyl (C=O) groups is 1. The predicted octanol–water partition coefficient (Wildman–Crippen LogP) is 2.58. The lowest BCUT2D eigenvalue weighted by Gasteiger charge is -2.44. The minimum Gasteiger partial charge on any atom is -0.480 e. The number of nitrogens with zero attached hydrogens (tertiary/aromatic N) is 2. The second kappa shape index (κ2) is 5.88. The highest BCUT2D eigenvalue weighted by Crippen LogP contribution is 2.41. The van der Waals surface area contributed by atoms with Crippen LogP contribution in [0, 0.1) is 5.41 Å². The lowest BCUT2D eigenvalue weighted by atomic mass is 9.85. The average molecular weight is 294 g/mol. The highest BCUT2D eigenvalue weighted by Gasteiger charge is 2.41. The van der Waals surface area contributed by atoms with Crippen molar-refractivity contribution in [2.75, 3.05) is 19.6 Å². The Morgan fingerprint density at radius 2 is 1.76 bits per heavy atom. The first kappa shape index (κ1) is 15.3. The second-order valence-electron chi connectivity index (χ2n) is 7.90. The number of hydrogen-bond donors (Lipinski definition) is 1. The van der Waals surface area contributed by atoms with E-state index in [0.29, 0.717) is 11.5 Å². The van der Waals surface area contributed by atoms with Gasteiger partial charge in [0, 0.05) is 12.1 Å². The number of carboxylic acids is 1. The summed E-state index contributed by atoms with van der Waals surface area (Å²) >= 11 is 0. The number of rotatable bonds is 3. The Morgan fingerprint density at radius 1 is 1.05 bits per heavy atom. The molecule has 0 aromatic carbocycles. The molecule has 3 aliphatic rings. The van der Waals surface area contributed by atoms with Crippen molar-refractivity contribution in [3.8, 4) is 0 Å². The number of aliphatic carboxylic acids is 1. The standard InChI is InChI=1S/C17H30N2O2/c1-17(2)9-3-6-15(17)18-11-7-13(8-12-18)19-10-4-5-14(19)16(20)21/h13-15H,3-12H2,1-2H3,(H,20,21). The molecule has 0 bridgehead atoms. The molecule has 2 saturated heterocycles. The van der Waals surface area contributed by atoms with Gasteiger partial charge in [-0.05, 0) is 63.6 Å². The number of hydrogen-bond acceptors (Lipinski definition) is 3. The van der Waals surface area contributed by atoms with E-state index in [1.807, 2.05) is 0 Å². The molecule has 2 unspecified atom stereocenters. The van der Waals surface area contributed by atoms with E-state index in [2.05, 4.69) is 23.6 Å². The Balaban J connectivity index is 1.57. The molecule has 3 rings (SSSR count). The highest BCUT2D eigenvalue weighted by molar-refractivity contribution is 5.73. The SMILES string of the molecule is CC1(C)CCCC1N1CCC(N2CCCC2C(=O)O)CC1. The molecule has 2 atom stereocenters. The summed E-state index contributed by atoms with van der Waals surface area (Å²) in [6, 6.07) is 1.02. The van der Waals surface area contributed by atoms with Gasteiger partial charge in [-0.15, -0.1) is 0 Å². The van der Waals surface area contributed by atoms with Crippen LogP contribution in [0.15, 0.2) is 0 Å². The molecular formula is C17H30N2O2. The van der Waals surface area contributed by atoms with E-state index in [9.17, 15) is 9.90 Å². The molecule has 2 aliphatic heterocycles. The van der Waals surface area contributed by atoms with Crippen molar-refractivity contribution < 1.29 is 9.90 Å². The summed E-state index contributed by atoms with van der Waals surface area (Å²) in [5.74, 6) is -0.619. The van der Waals surface area contributed by atoms with E-state index in [-0.39, 0.29) is 6.04 Å². The molecule has 0 spiro atoms. The summed E-state index contributed by atoms with van der Waals surface area (Å²) in [4.78, 5) is 16.3. The van der Waals surface area contributed by atoms with E-state index in [0.717, 1.165) is 51.4 Å². The fourth-order valence-corrected chi connectivity index (χ4v) is 5.01. The summed E-state index contributed by atoms with van der Waals surface area (Å²) < 4.78 is 0. The van der Waals surface area contributed by atoms with Gasteiger partial charge < -0.3 is 5.11 Å². The van der Waals surface area contributed by atoms with Crippen molar-refractivity contribution in [3.63, 3.8) is 0 Å². The molecule has 120 valence electrons. The van der Waals surface area contributed by atoms with Crippen LogP contribution in [-0.4, -0.2) is 58.6 Å². The van der Waals surface area contributed by atoms with E-state index in [1.54, 1.807) is 0 Å². The Morgan fingerprint density at radius 3 is 2.33 bits per heavy atom. The number of piperidine rings is 1. The maximum absolute atomic E-state index is 11.4. The second-order valence-corrected chi connectivity index (χ2v) is 7.90. The van der Waals surface area contributed by atoms with Crippen LogP contribution in [0.25, 0.3) is 0 Å². The van der Waals surface area contributed by atoms with Crippen molar-refractivity contribution in [2.24, 2.45) is 5.41 Å². The van der Waals surface area contributed by atoms with Gasteiger partial charge in [0.05, 0.1) is 0 Å². The van der Waals surface area contributed by atoms with Gasteiger partial charge in [0.2, 0.25) is 0 Å². The van der Waals surface area contributed by atoms with Crippen LogP contribution in [-0.2, 0) is 4.79 Å². The fourth-order valence-electron chi connectivity index (χ4n) is 5.01. The van der Waals surface area contributed by atoms with Crippen molar-refractivity contribution in [2.45, 2.75) is 76.9 Å². The molecule has 0 aromatic heterocycles. The smallest absolute Gasteiger partial charge is 0.320 e. The topological polar surface area (TPSA) is 43.8 Å². The number of likely N-dealkylation sites (tertiary alicyclic amines) is 2. The molecule has 0 aromatic rings. The molecule has 3 fully saturated rings. The Labute approximate surface area is 128 Å². The largest absolute Gasteiger partial charge is 0.480 e. The predicted molar refractivity (Wildman–Crippen MR) is 83.4 cm³/mol. The molecule has 2 heterocycles. The van der Waals surface area contributed by atoms with Crippen molar-refractivity contribution >= 4 is 5.97 Å². The van der Waals surface area contributed by atoms with Crippen LogP contribution in [0.4, 0.5) is 0 Å². The van der Waals surface area contributed by atoms with Crippen LogP contribution in [0.2, 0.25) is 0 Å². The van der Waals surface area contributed by atoms with Gasteiger partial charge in [-0.25, -0.2) is 0 Å². The minimum absolute atomic E-state index is 0.218. The van der Waals surface area contributed by atoms with Crippen LogP contribution >= 0.6 is 0 Å². The first-order chi connectivity index (χ1) is 9.99.